The monoisotopic (exact) mass is 355 g/mol. The van der Waals surface area contributed by atoms with Gasteiger partial charge in [0.25, 0.3) is 5.56 Å². The van der Waals surface area contributed by atoms with E-state index in [1.54, 1.807) is 18.3 Å². The molecule has 0 radical (unpaired) electrons. The van der Waals surface area contributed by atoms with E-state index in [4.69, 9.17) is 0 Å². The molecule has 2 aromatic rings. The second kappa shape index (κ2) is 8.65. The van der Waals surface area contributed by atoms with E-state index in [0.29, 0.717) is 5.39 Å². The average molecular weight is 355 g/mol. The molecule has 0 atom stereocenters. The summed E-state index contributed by atoms with van der Waals surface area (Å²) in [4.78, 5) is 36.4. The fourth-order valence-electron chi connectivity index (χ4n) is 3.43. The van der Waals surface area contributed by atoms with Crippen LogP contribution in [-0.2, 0) is 16.1 Å². The number of rotatable bonds is 6. The lowest BCUT2D eigenvalue weighted by atomic mass is 9.95. The highest BCUT2D eigenvalue weighted by atomic mass is 16.2. The fourth-order valence-corrected chi connectivity index (χ4v) is 3.43. The molecular formula is C20H25N3O3. The minimum atomic E-state index is -0.271. The lowest BCUT2D eigenvalue weighted by molar-refractivity contribution is -0.123. The SMILES string of the molecule is O=C(Cn1ccc2ccccc2c1=O)NCCC(=O)NC1CCCCC1. The molecule has 1 saturated carbocycles. The largest absolute Gasteiger partial charge is 0.354 e. The van der Waals surface area contributed by atoms with Crippen LogP contribution < -0.4 is 16.2 Å². The Labute approximate surface area is 152 Å². The molecule has 138 valence electrons. The van der Waals surface area contributed by atoms with Gasteiger partial charge in [0.05, 0.1) is 0 Å². The number of carbonyl (C=O) groups excluding carboxylic acids is 2. The Morgan fingerprint density at radius 3 is 2.62 bits per heavy atom. The van der Waals surface area contributed by atoms with Crippen LogP contribution in [0.1, 0.15) is 38.5 Å². The van der Waals surface area contributed by atoms with Gasteiger partial charge in [0.1, 0.15) is 6.54 Å². The van der Waals surface area contributed by atoms with Gasteiger partial charge in [-0.05, 0) is 30.4 Å². The highest BCUT2D eigenvalue weighted by Crippen LogP contribution is 2.17. The standard InChI is InChI=1S/C20H25N3O3/c24-18(22-16-7-2-1-3-8-16)10-12-21-19(25)14-23-13-11-15-6-4-5-9-17(15)20(23)26/h4-6,9,11,13,16H,1-3,7-8,10,12,14H2,(H,21,25)(H,22,24). The van der Waals surface area contributed by atoms with E-state index >= 15 is 0 Å². The number of amides is 2. The summed E-state index contributed by atoms with van der Waals surface area (Å²) < 4.78 is 1.39. The zero-order valence-corrected chi connectivity index (χ0v) is 14.9. The highest BCUT2D eigenvalue weighted by Gasteiger charge is 2.15. The minimum absolute atomic E-state index is 0.0277. The summed E-state index contributed by atoms with van der Waals surface area (Å²) in [5, 5.41) is 7.19. The van der Waals surface area contributed by atoms with Crippen molar-refractivity contribution in [2.45, 2.75) is 51.1 Å². The summed E-state index contributed by atoms with van der Waals surface area (Å²) in [5.41, 5.74) is -0.187. The van der Waals surface area contributed by atoms with Crippen LogP contribution in [0.2, 0.25) is 0 Å². The summed E-state index contributed by atoms with van der Waals surface area (Å²) in [6.07, 6.45) is 7.56. The first kappa shape index (κ1) is 18.2. The number of nitrogens with zero attached hydrogens (tertiary/aromatic N) is 1. The molecule has 0 saturated heterocycles. The van der Waals surface area contributed by atoms with E-state index in [1.165, 1.54) is 23.8 Å². The van der Waals surface area contributed by atoms with Gasteiger partial charge in [-0.25, -0.2) is 0 Å². The molecule has 3 rings (SSSR count). The van der Waals surface area contributed by atoms with Crippen LogP contribution in [0.3, 0.4) is 0 Å². The summed E-state index contributed by atoms with van der Waals surface area (Å²) in [7, 11) is 0. The number of nitrogens with one attached hydrogen (secondary N) is 2. The normalized spacial score (nSPS) is 14.9. The van der Waals surface area contributed by atoms with E-state index in [9.17, 15) is 14.4 Å². The van der Waals surface area contributed by atoms with Gasteiger partial charge in [-0.2, -0.15) is 0 Å². The molecule has 0 aliphatic heterocycles. The molecule has 1 aromatic heterocycles. The Hall–Kier alpha value is -2.63. The van der Waals surface area contributed by atoms with E-state index in [-0.39, 0.29) is 42.9 Å². The zero-order chi connectivity index (χ0) is 18.4. The quantitative estimate of drug-likeness (QED) is 0.831. The lowest BCUT2D eigenvalue weighted by Gasteiger charge is -2.22. The molecule has 1 aliphatic carbocycles. The summed E-state index contributed by atoms with van der Waals surface area (Å²) in [6.45, 7) is 0.230. The third-order valence-electron chi connectivity index (χ3n) is 4.84. The Morgan fingerprint density at radius 1 is 1.04 bits per heavy atom. The fraction of sp³-hybridized carbons (Fsp3) is 0.450. The third-order valence-corrected chi connectivity index (χ3v) is 4.84. The smallest absolute Gasteiger partial charge is 0.258 e. The van der Waals surface area contributed by atoms with E-state index in [1.807, 2.05) is 18.2 Å². The number of hydrogen-bond acceptors (Lipinski definition) is 3. The highest BCUT2D eigenvalue weighted by molar-refractivity contribution is 5.82. The van der Waals surface area contributed by atoms with Crippen LogP contribution in [-0.4, -0.2) is 29.0 Å². The van der Waals surface area contributed by atoms with Crippen molar-refractivity contribution in [1.29, 1.82) is 0 Å². The van der Waals surface area contributed by atoms with Crippen LogP contribution in [0.25, 0.3) is 10.8 Å². The Morgan fingerprint density at radius 2 is 1.81 bits per heavy atom. The maximum Gasteiger partial charge on any atom is 0.258 e. The lowest BCUT2D eigenvalue weighted by Crippen LogP contribution is -2.39. The number of pyridine rings is 1. The van der Waals surface area contributed by atoms with Crippen LogP contribution in [0, 0.1) is 0 Å². The van der Waals surface area contributed by atoms with Crippen LogP contribution >= 0.6 is 0 Å². The van der Waals surface area contributed by atoms with Gasteiger partial charge in [0.2, 0.25) is 11.8 Å². The van der Waals surface area contributed by atoms with Gasteiger partial charge < -0.3 is 15.2 Å². The van der Waals surface area contributed by atoms with Crippen molar-refractivity contribution in [2.75, 3.05) is 6.54 Å². The second-order valence-electron chi connectivity index (χ2n) is 6.84. The van der Waals surface area contributed by atoms with Crippen molar-refractivity contribution < 1.29 is 9.59 Å². The summed E-state index contributed by atoms with van der Waals surface area (Å²) in [5.74, 6) is -0.298. The molecular weight excluding hydrogens is 330 g/mol. The topological polar surface area (TPSA) is 80.2 Å². The van der Waals surface area contributed by atoms with Gasteiger partial charge in [-0.3, -0.25) is 14.4 Å². The van der Waals surface area contributed by atoms with E-state index < -0.39 is 0 Å². The number of carbonyl (C=O) groups is 2. The first-order valence-electron chi connectivity index (χ1n) is 9.28. The Bertz CT molecular complexity index is 838. The molecule has 1 heterocycles. The molecule has 26 heavy (non-hydrogen) atoms. The molecule has 0 spiro atoms. The summed E-state index contributed by atoms with van der Waals surface area (Å²) in [6, 6.07) is 9.40. The van der Waals surface area contributed by atoms with Crippen molar-refractivity contribution in [3.05, 3.63) is 46.9 Å². The minimum Gasteiger partial charge on any atom is -0.354 e. The predicted molar refractivity (Wildman–Crippen MR) is 101 cm³/mol. The molecule has 2 N–H and O–H groups in total. The maximum absolute atomic E-state index is 12.4. The molecule has 1 aromatic carbocycles. The molecule has 1 aliphatic rings. The maximum atomic E-state index is 12.4. The van der Waals surface area contributed by atoms with Crippen LogP contribution in [0.15, 0.2) is 41.3 Å². The Balaban J connectivity index is 1.46. The van der Waals surface area contributed by atoms with E-state index in [0.717, 1.165) is 18.2 Å². The van der Waals surface area contributed by atoms with Crippen molar-refractivity contribution in [3.8, 4) is 0 Å². The molecule has 1 fully saturated rings. The van der Waals surface area contributed by atoms with Gasteiger partial charge >= 0.3 is 0 Å². The van der Waals surface area contributed by atoms with E-state index in [2.05, 4.69) is 10.6 Å². The number of benzene rings is 1. The number of fused-ring (bicyclic) bond motifs is 1. The molecule has 0 bridgehead atoms. The van der Waals surface area contributed by atoms with Gasteiger partial charge in [0.15, 0.2) is 0 Å². The summed E-state index contributed by atoms with van der Waals surface area (Å²) >= 11 is 0. The molecule has 6 nitrogen and oxygen atoms in total. The van der Waals surface area contributed by atoms with Gasteiger partial charge in [0, 0.05) is 30.6 Å². The van der Waals surface area contributed by atoms with Gasteiger partial charge in [-0.15, -0.1) is 0 Å². The second-order valence-corrected chi connectivity index (χ2v) is 6.84. The number of aromatic nitrogens is 1. The first-order valence-corrected chi connectivity index (χ1v) is 9.28. The van der Waals surface area contributed by atoms with Crippen molar-refractivity contribution >= 4 is 22.6 Å². The van der Waals surface area contributed by atoms with Crippen molar-refractivity contribution in [1.82, 2.24) is 15.2 Å². The molecule has 6 heteroatoms. The predicted octanol–water partition coefficient (Wildman–Crippen LogP) is 1.96. The van der Waals surface area contributed by atoms with Crippen molar-refractivity contribution in [3.63, 3.8) is 0 Å². The van der Waals surface area contributed by atoms with Gasteiger partial charge in [-0.1, -0.05) is 37.5 Å². The number of hydrogen-bond donors (Lipinski definition) is 2. The van der Waals surface area contributed by atoms with Crippen LogP contribution in [0.5, 0.6) is 0 Å². The first-order chi connectivity index (χ1) is 12.6. The molecule has 2 amide bonds. The van der Waals surface area contributed by atoms with Crippen LogP contribution in [0.4, 0.5) is 0 Å². The molecule has 0 unspecified atom stereocenters. The van der Waals surface area contributed by atoms with Crippen molar-refractivity contribution in [2.24, 2.45) is 0 Å². The zero-order valence-electron chi connectivity index (χ0n) is 14.9. The average Bonchev–Trinajstić information content (AvgIpc) is 2.65. The third kappa shape index (κ3) is 4.71. The Kier molecular flexibility index (Phi) is 6.04.